The van der Waals surface area contributed by atoms with Gasteiger partial charge >= 0.3 is 0 Å². The molecule has 6 nitrogen and oxygen atoms in total. The molecule has 8 heteroatoms. The van der Waals surface area contributed by atoms with Gasteiger partial charge in [0.1, 0.15) is 5.75 Å². The molecule has 0 saturated carbocycles. The minimum Gasteiger partial charge on any atom is -0.496 e. The van der Waals surface area contributed by atoms with Crippen molar-refractivity contribution in [1.29, 1.82) is 0 Å². The van der Waals surface area contributed by atoms with E-state index in [0.717, 1.165) is 51.8 Å². The van der Waals surface area contributed by atoms with Crippen molar-refractivity contribution in [2.75, 3.05) is 34.9 Å². The molecule has 0 spiro atoms. The number of benzene rings is 2. The van der Waals surface area contributed by atoms with Gasteiger partial charge in [-0.05, 0) is 42.3 Å². The molecule has 0 aliphatic rings. The highest BCUT2D eigenvalue weighted by atomic mass is 127. The Balaban J connectivity index is 0.00000392. The second-order valence-electron chi connectivity index (χ2n) is 5.75. The van der Waals surface area contributed by atoms with Crippen LogP contribution in [-0.4, -0.2) is 40.9 Å². The van der Waals surface area contributed by atoms with Crippen LogP contribution in [-0.2, 0) is 13.0 Å². The van der Waals surface area contributed by atoms with E-state index in [0.29, 0.717) is 6.54 Å². The van der Waals surface area contributed by atoms with E-state index >= 15 is 0 Å². The minimum absolute atomic E-state index is 0. The third kappa shape index (κ3) is 7.05. The van der Waals surface area contributed by atoms with Crippen LogP contribution in [0.25, 0.3) is 0 Å². The van der Waals surface area contributed by atoms with E-state index in [1.54, 1.807) is 28.4 Å². The number of guanidine groups is 1. The van der Waals surface area contributed by atoms with Crippen LogP contribution in [0.3, 0.4) is 0 Å². The maximum absolute atomic E-state index is 5.40. The van der Waals surface area contributed by atoms with E-state index in [1.165, 1.54) is 0 Å². The molecular formula is C20H27BrIN3O3. The Labute approximate surface area is 192 Å². The van der Waals surface area contributed by atoms with Crippen molar-refractivity contribution in [3.05, 3.63) is 52.0 Å². The third-order valence-corrected chi connectivity index (χ3v) is 4.56. The van der Waals surface area contributed by atoms with Gasteiger partial charge in [-0.25, -0.2) is 0 Å². The zero-order chi connectivity index (χ0) is 19.6. The van der Waals surface area contributed by atoms with Crippen molar-refractivity contribution in [2.45, 2.75) is 13.0 Å². The highest BCUT2D eigenvalue weighted by Crippen LogP contribution is 2.27. The summed E-state index contributed by atoms with van der Waals surface area (Å²) >= 11 is 3.49. The Kier molecular flexibility index (Phi) is 11.1. The molecule has 2 aromatic rings. The summed E-state index contributed by atoms with van der Waals surface area (Å²) in [6.07, 6.45) is 0.835. The van der Waals surface area contributed by atoms with Crippen molar-refractivity contribution < 1.29 is 14.2 Å². The molecule has 154 valence electrons. The maximum atomic E-state index is 5.40. The van der Waals surface area contributed by atoms with Crippen LogP contribution in [0.5, 0.6) is 17.2 Å². The fraction of sp³-hybridized carbons (Fsp3) is 0.350. The molecule has 0 saturated heterocycles. The van der Waals surface area contributed by atoms with Gasteiger partial charge in [0.25, 0.3) is 0 Å². The lowest BCUT2D eigenvalue weighted by Gasteiger charge is -2.14. The SMILES string of the molecule is CN=C(NCCc1ccc(OC)c(OC)c1)NCc1cc(Br)ccc1OC.I. The molecule has 0 atom stereocenters. The van der Waals surface area contributed by atoms with Gasteiger partial charge in [-0.2, -0.15) is 0 Å². The number of halogens is 2. The van der Waals surface area contributed by atoms with Crippen LogP contribution in [0.15, 0.2) is 45.9 Å². The van der Waals surface area contributed by atoms with Crippen LogP contribution < -0.4 is 24.8 Å². The molecule has 0 aliphatic heterocycles. The quantitative estimate of drug-likeness (QED) is 0.289. The summed E-state index contributed by atoms with van der Waals surface area (Å²) in [6, 6.07) is 11.9. The van der Waals surface area contributed by atoms with Gasteiger partial charge in [0.2, 0.25) is 0 Å². The fourth-order valence-corrected chi connectivity index (χ4v) is 3.05. The smallest absolute Gasteiger partial charge is 0.191 e. The number of hydrogen-bond acceptors (Lipinski definition) is 4. The zero-order valence-electron chi connectivity index (χ0n) is 16.5. The van der Waals surface area contributed by atoms with Crippen molar-refractivity contribution >= 4 is 45.9 Å². The Hall–Kier alpha value is -1.68. The Morgan fingerprint density at radius 3 is 2.25 bits per heavy atom. The first kappa shape index (κ1) is 24.4. The summed E-state index contributed by atoms with van der Waals surface area (Å²) < 4.78 is 17.0. The van der Waals surface area contributed by atoms with Gasteiger partial charge in [0, 0.05) is 30.2 Å². The number of rotatable bonds is 8. The summed E-state index contributed by atoms with van der Waals surface area (Å²) in [5.41, 5.74) is 2.21. The van der Waals surface area contributed by atoms with Gasteiger partial charge in [0.15, 0.2) is 17.5 Å². The zero-order valence-corrected chi connectivity index (χ0v) is 20.5. The lowest BCUT2D eigenvalue weighted by Crippen LogP contribution is -2.37. The molecule has 0 radical (unpaired) electrons. The predicted octanol–water partition coefficient (Wildman–Crippen LogP) is 4.00. The van der Waals surface area contributed by atoms with Gasteiger partial charge in [0.05, 0.1) is 21.3 Å². The molecule has 28 heavy (non-hydrogen) atoms. The first-order chi connectivity index (χ1) is 13.1. The molecule has 0 amide bonds. The van der Waals surface area contributed by atoms with E-state index < -0.39 is 0 Å². The van der Waals surface area contributed by atoms with Crippen molar-refractivity contribution in [2.24, 2.45) is 4.99 Å². The third-order valence-electron chi connectivity index (χ3n) is 4.07. The number of nitrogens with zero attached hydrogens (tertiary/aromatic N) is 1. The van der Waals surface area contributed by atoms with Crippen LogP contribution in [0, 0.1) is 0 Å². The average Bonchev–Trinajstić information content (AvgIpc) is 2.70. The number of methoxy groups -OCH3 is 3. The van der Waals surface area contributed by atoms with E-state index in [1.807, 2.05) is 36.4 Å². The maximum Gasteiger partial charge on any atom is 0.191 e. The van der Waals surface area contributed by atoms with Gasteiger partial charge in [-0.1, -0.05) is 22.0 Å². The van der Waals surface area contributed by atoms with Gasteiger partial charge < -0.3 is 24.8 Å². The van der Waals surface area contributed by atoms with E-state index in [-0.39, 0.29) is 24.0 Å². The number of ether oxygens (including phenoxy) is 3. The molecule has 2 N–H and O–H groups in total. The van der Waals surface area contributed by atoms with Crippen molar-refractivity contribution in [3.8, 4) is 17.2 Å². The highest BCUT2D eigenvalue weighted by Gasteiger charge is 2.07. The van der Waals surface area contributed by atoms with Crippen LogP contribution in [0.4, 0.5) is 0 Å². The Bertz CT molecular complexity index is 787. The Morgan fingerprint density at radius 2 is 1.61 bits per heavy atom. The lowest BCUT2D eigenvalue weighted by molar-refractivity contribution is 0.354. The molecule has 0 fully saturated rings. The number of aliphatic imine (C=N–C) groups is 1. The summed E-state index contributed by atoms with van der Waals surface area (Å²) in [5.74, 6) is 3.04. The molecule has 2 aromatic carbocycles. The first-order valence-electron chi connectivity index (χ1n) is 8.59. The monoisotopic (exact) mass is 563 g/mol. The molecule has 0 unspecified atom stereocenters. The molecule has 0 heterocycles. The molecule has 0 aliphatic carbocycles. The van der Waals surface area contributed by atoms with E-state index in [9.17, 15) is 0 Å². The predicted molar refractivity (Wildman–Crippen MR) is 128 cm³/mol. The largest absolute Gasteiger partial charge is 0.496 e. The summed E-state index contributed by atoms with van der Waals surface area (Å²) in [4.78, 5) is 4.27. The van der Waals surface area contributed by atoms with Gasteiger partial charge in [-0.3, -0.25) is 4.99 Å². The number of nitrogens with one attached hydrogen (secondary N) is 2. The Morgan fingerprint density at radius 1 is 0.929 bits per heavy atom. The standard InChI is InChI=1S/C20H26BrN3O3.HI/c1-22-20(24-13-15-12-16(21)6-8-17(15)25-2)23-10-9-14-5-7-18(26-3)19(11-14)27-4;/h5-8,11-12H,9-10,13H2,1-4H3,(H2,22,23,24);1H. The lowest BCUT2D eigenvalue weighted by atomic mass is 10.1. The minimum atomic E-state index is 0. The van der Waals surface area contributed by atoms with Crippen LogP contribution in [0.1, 0.15) is 11.1 Å². The summed E-state index contributed by atoms with van der Waals surface area (Å²) in [7, 11) is 6.70. The topological polar surface area (TPSA) is 64.1 Å². The van der Waals surface area contributed by atoms with Crippen molar-refractivity contribution in [1.82, 2.24) is 10.6 Å². The van der Waals surface area contributed by atoms with E-state index in [2.05, 4.69) is 31.6 Å². The van der Waals surface area contributed by atoms with E-state index in [4.69, 9.17) is 14.2 Å². The molecule has 2 rings (SSSR count). The van der Waals surface area contributed by atoms with Crippen LogP contribution in [0.2, 0.25) is 0 Å². The second kappa shape index (κ2) is 12.7. The second-order valence-corrected chi connectivity index (χ2v) is 6.66. The molecular weight excluding hydrogens is 537 g/mol. The van der Waals surface area contributed by atoms with Crippen molar-refractivity contribution in [3.63, 3.8) is 0 Å². The molecule has 0 bridgehead atoms. The molecule has 0 aromatic heterocycles. The summed E-state index contributed by atoms with van der Waals surface area (Å²) in [6.45, 7) is 1.35. The fourth-order valence-electron chi connectivity index (χ4n) is 2.65. The highest BCUT2D eigenvalue weighted by molar-refractivity contribution is 14.0. The average molecular weight is 564 g/mol. The normalized spacial score (nSPS) is 10.7. The van der Waals surface area contributed by atoms with Gasteiger partial charge in [-0.15, -0.1) is 24.0 Å². The first-order valence-corrected chi connectivity index (χ1v) is 9.38. The number of hydrogen-bond donors (Lipinski definition) is 2. The van der Waals surface area contributed by atoms with Crippen LogP contribution >= 0.6 is 39.9 Å². The summed E-state index contributed by atoms with van der Waals surface area (Å²) in [5, 5.41) is 6.63.